The predicted molar refractivity (Wildman–Crippen MR) is 136 cm³/mol. The molecular formula is C24H58O7SiTi. The third-order valence-electron chi connectivity index (χ3n) is 2.78. The average molecular weight is 535 g/mol. The van der Waals surface area contributed by atoms with E-state index in [1.54, 1.807) is 62.3 Å². The maximum atomic E-state index is 10.4. The third-order valence-corrected chi connectivity index (χ3v) is 4.88. The Morgan fingerprint density at radius 1 is 0.545 bits per heavy atom. The van der Waals surface area contributed by atoms with E-state index in [9.17, 15) is 4.80 Å². The first-order chi connectivity index (χ1) is 13.9. The maximum absolute atomic E-state index is 10.4. The fourth-order valence-corrected chi connectivity index (χ4v) is 3.29. The van der Waals surface area contributed by atoms with Crippen molar-refractivity contribution in [3.8, 4) is 0 Å². The number of aliphatic hydroxyl groups is 3. The summed E-state index contributed by atoms with van der Waals surface area (Å²) in [5, 5.41) is 25.6. The van der Waals surface area contributed by atoms with Crippen molar-refractivity contribution in [1.82, 2.24) is 0 Å². The quantitative estimate of drug-likeness (QED) is 0.302. The number of rotatable bonds is 9. The van der Waals surface area contributed by atoms with Crippen LogP contribution in [0.1, 0.15) is 123 Å². The van der Waals surface area contributed by atoms with E-state index in [4.69, 9.17) is 28.6 Å². The number of hydrogen-bond donors (Lipinski definition) is 4. The molecule has 4 N–H and O–H groups in total. The van der Waals surface area contributed by atoms with E-state index in [1.807, 2.05) is 41.5 Å². The van der Waals surface area contributed by atoms with Gasteiger partial charge in [-0.2, -0.15) is 0 Å². The summed E-state index contributed by atoms with van der Waals surface area (Å²) >= 11 is 0. The normalized spacial score (nSPS) is 16.1. The fraction of sp³-hybridized carbons (Fsp3) is 1.00. The Balaban J connectivity index is -0.000000133. The van der Waals surface area contributed by atoms with Crippen LogP contribution in [0.2, 0.25) is 0 Å². The van der Waals surface area contributed by atoms with Gasteiger partial charge in [-0.05, 0) is 102 Å². The molecule has 0 aliphatic rings. The van der Waals surface area contributed by atoms with Crippen molar-refractivity contribution >= 4 is 9.05 Å². The van der Waals surface area contributed by atoms with E-state index in [-0.39, 0.29) is 40.0 Å². The SMILES string of the molecule is CC(C)(C)O.CC(C)(C)O.CC(C)(C)O.CCC(C)O[Si](O)(OC(C)CC)OC(C)CC.[Ti]. The van der Waals surface area contributed by atoms with Crippen LogP contribution in [0, 0.1) is 0 Å². The van der Waals surface area contributed by atoms with Gasteiger partial charge in [-0.15, -0.1) is 0 Å². The van der Waals surface area contributed by atoms with E-state index < -0.39 is 25.9 Å². The van der Waals surface area contributed by atoms with Crippen molar-refractivity contribution in [3.05, 3.63) is 0 Å². The zero-order valence-electron chi connectivity index (χ0n) is 24.4. The predicted octanol–water partition coefficient (Wildman–Crippen LogP) is 5.19. The van der Waals surface area contributed by atoms with Crippen LogP contribution in [0.3, 0.4) is 0 Å². The summed E-state index contributed by atoms with van der Waals surface area (Å²) in [7, 11) is -3.50. The first-order valence-electron chi connectivity index (χ1n) is 11.8. The molecule has 3 unspecified atom stereocenters. The minimum absolute atomic E-state index is 0. The summed E-state index contributed by atoms with van der Waals surface area (Å²) in [6.45, 7) is 27.4. The summed E-state index contributed by atoms with van der Waals surface area (Å²) < 4.78 is 16.7. The molecule has 0 bridgehead atoms. The molecule has 0 saturated carbocycles. The van der Waals surface area contributed by atoms with Crippen molar-refractivity contribution in [2.24, 2.45) is 0 Å². The van der Waals surface area contributed by atoms with Gasteiger partial charge in [0, 0.05) is 40.0 Å². The molecule has 0 saturated heterocycles. The molecule has 0 aromatic rings. The second-order valence-corrected chi connectivity index (χ2v) is 12.8. The molecule has 0 aromatic heterocycles. The Morgan fingerprint density at radius 2 is 0.667 bits per heavy atom. The molecule has 7 nitrogen and oxygen atoms in total. The van der Waals surface area contributed by atoms with Gasteiger partial charge in [0.25, 0.3) is 0 Å². The molecule has 0 heterocycles. The summed E-state index contributed by atoms with van der Waals surface area (Å²) in [4.78, 5) is 10.4. The van der Waals surface area contributed by atoms with Crippen molar-refractivity contribution < 1.29 is 55.1 Å². The maximum Gasteiger partial charge on any atom is 0.677 e. The molecule has 33 heavy (non-hydrogen) atoms. The summed E-state index contributed by atoms with van der Waals surface area (Å²) in [5.41, 5.74) is -1.50. The molecule has 0 aliphatic carbocycles. The molecular weight excluding hydrogens is 476 g/mol. The van der Waals surface area contributed by atoms with Crippen molar-refractivity contribution in [2.75, 3.05) is 0 Å². The van der Waals surface area contributed by atoms with E-state index >= 15 is 0 Å². The van der Waals surface area contributed by atoms with Gasteiger partial charge in [0.1, 0.15) is 0 Å². The molecule has 204 valence electrons. The molecule has 0 fully saturated rings. The molecule has 0 aliphatic heterocycles. The standard InChI is InChI=1S/C12H28O4Si.3C4H10O.Ti/c1-7-10(4)14-17(13,15-11(5)8-2)16-12(6)9-3;3*1-4(2,3)5;/h10-13H,7-9H2,1-6H3;3*5H,1-3H3;. The zero-order chi connectivity index (χ0) is 27.0. The Bertz CT molecular complexity index is 341. The minimum Gasteiger partial charge on any atom is -0.391 e. The van der Waals surface area contributed by atoms with Gasteiger partial charge >= 0.3 is 9.05 Å². The number of hydrogen-bond acceptors (Lipinski definition) is 7. The largest absolute Gasteiger partial charge is 0.677 e. The zero-order valence-corrected chi connectivity index (χ0v) is 26.9. The van der Waals surface area contributed by atoms with Crippen LogP contribution in [-0.2, 0) is 35.0 Å². The van der Waals surface area contributed by atoms with Crippen LogP contribution in [0.4, 0.5) is 0 Å². The summed E-state index contributed by atoms with van der Waals surface area (Å²) in [6.07, 6.45) is 2.30. The Morgan fingerprint density at radius 3 is 0.758 bits per heavy atom. The minimum atomic E-state index is -3.50. The monoisotopic (exact) mass is 534 g/mol. The first kappa shape index (κ1) is 43.7. The van der Waals surface area contributed by atoms with Crippen molar-refractivity contribution in [3.63, 3.8) is 0 Å². The van der Waals surface area contributed by atoms with Crippen LogP contribution >= 0.6 is 0 Å². The van der Waals surface area contributed by atoms with Gasteiger partial charge in [0.2, 0.25) is 0 Å². The van der Waals surface area contributed by atoms with Crippen LogP contribution in [0.15, 0.2) is 0 Å². The Kier molecular flexibility index (Phi) is 27.6. The molecule has 0 aromatic carbocycles. The van der Waals surface area contributed by atoms with Crippen molar-refractivity contribution in [2.45, 2.75) is 158 Å². The molecule has 9 heteroatoms. The van der Waals surface area contributed by atoms with E-state index in [0.717, 1.165) is 19.3 Å². The van der Waals surface area contributed by atoms with Gasteiger partial charge in [0.15, 0.2) is 0 Å². The molecule has 3 atom stereocenters. The second-order valence-electron chi connectivity index (χ2n) is 11.0. The van der Waals surface area contributed by atoms with Crippen LogP contribution in [0.5, 0.6) is 0 Å². The van der Waals surface area contributed by atoms with E-state index in [1.165, 1.54) is 0 Å². The first-order valence-corrected chi connectivity index (χ1v) is 13.5. The molecule has 0 spiro atoms. The third kappa shape index (κ3) is 65.4. The van der Waals surface area contributed by atoms with Gasteiger partial charge in [0.05, 0.1) is 16.8 Å². The summed E-state index contributed by atoms with van der Waals surface area (Å²) in [6, 6.07) is 0. The second kappa shape index (κ2) is 20.8. The average Bonchev–Trinajstić information content (AvgIpc) is 2.49. The fourth-order valence-electron chi connectivity index (χ4n) is 1.10. The summed E-state index contributed by atoms with van der Waals surface area (Å²) in [5.74, 6) is 0. The Labute approximate surface area is 222 Å². The molecule has 0 rings (SSSR count). The molecule has 0 amide bonds. The van der Waals surface area contributed by atoms with Crippen LogP contribution in [0.25, 0.3) is 0 Å². The Hall–Kier alpha value is 0.651. The molecule has 0 radical (unpaired) electrons. The van der Waals surface area contributed by atoms with Gasteiger partial charge < -0.3 is 33.4 Å². The topological polar surface area (TPSA) is 109 Å². The van der Waals surface area contributed by atoms with Crippen molar-refractivity contribution in [1.29, 1.82) is 0 Å². The van der Waals surface area contributed by atoms with E-state index in [0.29, 0.717) is 0 Å². The van der Waals surface area contributed by atoms with Crippen LogP contribution in [-0.4, -0.2) is 64.3 Å². The van der Waals surface area contributed by atoms with Gasteiger partial charge in [-0.25, -0.2) is 0 Å². The van der Waals surface area contributed by atoms with E-state index in [2.05, 4.69) is 0 Å². The van der Waals surface area contributed by atoms with Gasteiger partial charge in [-0.3, -0.25) is 0 Å². The van der Waals surface area contributed by atoms with Crippen LogP contribution < -0.4 is 0 Å². The van der Waals surface area contributed by atoms with Gasteiger partial charge in [-0.1, -0.05) is 20.8 Å². The smallest absolute Gasteiger partial charge is 0.391 e.